The highest BCUT2D eigenvalue weighted by Gasteiger charge is 2.09. The topological polar surface area (TPSA) is 93.0 Å². The van der Waals surface area contributed by atoms with Crippen molar-refractivity contribution in [2.24, 2.45) is 5.10 Å². The Balaban J connectivity index is 1.68. The van der Waals surface area contributed by atoms with Gasteiger partial charge in [0.05, 0.1) is 13.3 Å². The van der Waals surface area contributed by atoms with Gasteiger partial charge in [0, 0.05) is 6.20 Å². The second kappa shape index (κ2) is 9.18. The third kappa shape index (κ3) is 4.85. The Labute approximate surface area is 162 Å². The fourth-order valence-corrected chi connectivity index (χ4v) is 2.45. The van der Waals surface area contributed by atoms with Gasteiger partial charge in [0.1, 0.15) is 12.2 Å². The van der Waals surface area contributed by atoms with Crippen molar-refractivity contribution in [3.8, 4) is 11.5 Å². The third-order valence-electron chi connectivity index (χ3n) is 3.85. The van der Waals surface area contributed by atoms with Crippen molar-refractivity contribution in [2.75, 3.05) is 12.5 Å². The predicted molar refractivity (Wildman–Crippen MR) is 106 cm³/mol. The highest BCUT2D eigenvalue weighted by molar-refractivity contribution is 5.93. The zero-order valence-corrected chi connectivity index (χ0v) is 15.2. The molecule has 0 bridgehead atoms. The normalized spacial score (nSPS) is 10.6. The van der Waals surface area contributed by atoms with Crippen LogP contribution in [0.3, 0.4) is 0 Å². The van der Waals surface area contributed by atoms with Crippen LogP contribution in [0.2, 0.25) is 0 Å². The van der Waals surface area contributed by atoms with E-state index >= 15 is 0 Å². The van der Waals surface area contributed by atoms with E-state index in [1.807, 2.05) is 36.4 Å². The molecule has 0 aliphatic heterocycles. The van der Waals surface area contributed by atoms with Gasteiger partial charge in [-0.1, -0.05) is 30.3 Å². The van der Waals surface area contributed by atoms with Gasteiger partial charge in [-0.3, -0.25) is 5.43 Å². The number of anilines is 1. The minimum Gasteiger partial charge on any atom is -0.493 e. The summed E-state index contributed by atoms with van der Waals surface area (Å²) in [5.41, 5.74) is 4.50. The van der Waals surface area contributed by atoms with Crippen molar-refractivity contribution >= 4 is 18.0 Å². The van der Waals surface area contributed by atoms with E-state index in [1.165, 1.54) is 12.3 Å². The lowest BCUT2D eigenvalue weighted by atomic mass is 10.2. The second-order valence-electron chi connectivity index (χ2n) is 5.76. The lowest BCUT2D eigenvalue weighted by Gasteiger charge is -2.11. The summed E-state index contributed by atoms with van der Waals surface area (Å²) in [7, 11) is 1.57. The number of hydrogen-bond donors (Lipinski definition) is 2. The van der Waals surface area contributed by atoms with Crippen molar-refractivity contribution in [3.63, 3.8) is 0 Å². The van der Waals surface area contributed by atoms with E-state index in [0.717, 1.165) is 11.1 Å². The fraction of sp³-hybridized carbons (Fsp3) is 0.0952. The zero-order valence-electron chi connectivity index (χ0n) is 15.2. The van der Waals surface area contributed by atoms with Crippen LogP contribution in [0.15, 0.2) is 72.0 Å². The first kappa shape index (κ1) is 18.9. The number of carboxylic acid groups (broad SMARTS) is 1. The van der Waals surface area contributed by atoms with Crippen LogP contribution in [-0.2, 0) is 6.61 Å². The fourth-order valence-electron chi connectivity index (χ4n) is 2.45. The largest absolute Gasteiger partial charge is 0.493 e. The number of nitrogens with one attached hydrogen (secondary N) is 1. The van der Waals surface area contributed by atoms with Crippen LogP contribution in [0.1, 0.15) is 21.5 Å². The molecule has 0 unspecified atom stereocenters. The van der Waals surface area contributed by atoms with Crippen LogP contribution in [0.25, 0.3) is 0 Å². The predicted octanol–water partition coefficient (Wildman–Crippen LogP) is 3.81. The number of pyridine rings is 1. The number of hydrazone groups is 1. The highest BCUT2D eigenvalue weighted by Crippen LogP contribution is 2.28. The van der Waals surface area contributed by atoms with E-state index in [2.05, 4.69) is 15.5 Å². The molecule has 7 nitrogen and oxygen atoms in total. The summed E-state index contributed by atoms with van der Waals surface area (Å²) in [4.78, 5) is 15.2. The number of hydrogen-bond acceptors (Lipinski definition) is 6. The quantitative estimate of drug-likeness (QED) is 0.458. The SMILES string of the molecule is COc1cc(/C=N/Nc2ncccc2C(=O)O)ccc1OCc1ccccc1. The molecule has 2 aromatic carbocycles. The van der Waals surface area contributed by atoms with Crippen molar-refractivity contribution in [1.82, 2.24) is 4.98 Å². The molecule has 0 fully saturated rings. The molecule has 0 amide bonds. The maximum Gasteiger partial charge on any atom is 0.339 e. The van der Waals surface area contributed by atoms with Crippen molar-refractivity contribution in [1.29, 1.82) is 0 Å². The first-order valence-electron chi connectivity index (χ1n) is 8.49. The van der Waals surface area contributed by atoms with Gasteiger partial charge in [0.15, 0.2) is 17.3 Å². The highest BCUT2D eigenvalue weighted by atomic mass is 16.5. The Hall–Kier alpha value is -3.87. The molecule has 0 aliphatic rings. The number of aromatic nitrogens is 1. The summed E-state index contributed by atoms with van der Waals surface area (Å²) in [5, 5.41) is 13.2. The zero-order chi connectivity index (χ0) is 19.8. The van der Waals surface area contributed by atoms with E-state index in [4.69, 9.17) is 14.6 Å². The van der Waals surface area contributed by atoms with Crippen molar-refractivity contribution in [2.45, 2.75) is 6.61 Å². The van der Waals surface area contributed by atoms with Gasteiger partial charge in [-0.25, -0.2) is 9.78 Å². The van der Waals surface area contributed by atoms with Crippen LogP contribution >= 0.6 is 0 Å². The van der Waals surface area contributed by atoms with Gasteiger partial charge in [0.2, 0.25) is 0 Å². The van der Waals surface area contributed by atoms with E-state index in [-0.39, 0.29) is 11.4 Å². The van der Waals surface area contributed by atoms with Gasteiger partial charge in [-0.05, 0) is 41.5 Å². The molecule has 0 atom stereocenters. The Bertz CT molecular complexity index is 974. The number of methoxy groups -OCH3 is 1. The minimum atomic E-state index is -1.08. The molecule has 2 N–H and O–H groups in total. The summed E-state index contributed by atoms with van der Waals surface area (Å²) >= 11 is 0. The number of carboxylic acids is 1. The Morgan fingerprint density at radius 1 is 1.14 bits per heavy atom. The van der Waals surface area contributed by atoms with Crippen LogP contribution in [-0.4, -0.2) is 29.4 Å². The Morgan fingerprint density at radius 3 is 2.71 bits per heavy atom. The standard InChI is InChI=1S/C21H19N3O4/c1-27-19-12-16(9-10-18(19)28-14-15-6-3-2-4-7-15)13-23-24-20-17(21(25)26)8-5-11-22-20/h2-13H,14H2,1H3,(H,22,24)(H,25,26)/b23-13+. The molecule has 3 aromatic rings. The number of ether oxygens (including phenoxy) is 2. The molecule has 1 heterocycles. The average molecular weight is 377 g/mol. The van der Waals surface area contributed by atoms with Gasteiger partial charge >= 0.3 is 5.97 Å². The first-order valence-corrected chi connectivity index (χ1v) is 8.49. The molecule has 3 rings (SSSR count). The maximum absolute atomic E-state index is 11.2. The first-order chi connectivity index (χ1) is 13.7. The molecule has 0 aliphatic carbocycles. The molecule has 0 saturated heterocycles. The van der Waals surface area contributed by atoms with Crippen LogP contribution in [0.5, 0.6) is 11.5 Å². The van der Waals surface area contributed by atoms with E-state index in [1.54, 1.807) is 31.5 Å². The molecule has 1 aromatic heterocycles. The van der Waals surface area contributed by atoms with Crippen LogP contribution in [0, 0.1) is 0 Å². The van der Waals surface area contributed by atoms with E-state index in [9.17, 15) is 4.79 Å². The van der Waals surface area contributed by atoms with Gasteiger partial charge < -0.3 is 14.6 Å². The average Bonchev–Trinajstić information content (AvgIpc) is 2.73. The lowest BCUT2D eigenvalue weighted by molar-refractivity contribution is 0.0697. The Kier molecular flexibility index (Phi) is 6.20. The Morgan fingerprint density at radius 2 is 1.96 bits per heavy atom. The lowest BCUT2D eigenvalue weighted by Crippen LogP contribution is -2.04. The molecule has 142 valence electrons. The van der Waals surface area contributed by atoms with E-state index in [0.29, 0.717) is 18.1 Å². The summed E-state index contributed by atoms with van der Waals surface area (Å²) in [6, 6.07) is 18.3. The molecule has 7 heteroatoms. The second-order valence-corrected chi connectivity index (χ2v) is 5.76. The van der Waals surface area contributed by atoms with Gasteiger partial charge in [0.25, 0.3) is 0 Å². The molecule has 28 heavy (non-hydrogen) atoms. The number of aromatic carboxylic acids is 1. The molecule has 0 radical (unpaired) electrons. The smallest absolute Gasteiger partial charge is 0.339 e. The summed E-state index contributed by atoms with van der Waals surface area (Å²) in [6.45, 7) is 0.434. The summed E-state index contributed by atoms with van der Waals surface area (Å²) < 4.78 is 11.2. The van der Waals surface area contributed by atoms with E-state index < -0.39 is 5.97 Å². The van der Waals surface area contributed by atoms with Crippen molar-refractivity contribution in [3.05, 3.63) is 83.6 Å². The van der Waals surface area contributed by atoms with Crippen LogP contribution < -0.4 is 14.9 Å². The number of rotatable bonds is 8. The minimum absolute atomic E-state index is 0.0434. The molecule has 0 saturated carbocycles. The maximum atomic E-state index is 11.2. The summed E-state index contributed by atoms with van der Waals surface area (Å²) in [6.07, 6.45) is 3.04. The molecule has 0 spiro atoms. The number of benzene rings is 2. The van der Waals surface area contributed by atoms with Crippen molar-refractivity contribution < 1.29 is 19.4 Å². The molecular formula is C21H19N3O4. The monoisotopic (exact) mass is 377 g/mol. The van der Waals surface area contributed by atoms with Gasteiger partial charge in [-0.2, -0.15) is 5.10 Å². The van der Waals surface area contributed by atoms with Gasteiger partial charge in [-0.15, -0.1) is 0 Å². The third-order valence-corrected chi connectivity index (χ3v) is 3.85. The summed E-state index contributed by atoms with van der Waals surface area (Å²) in [5.74, 6) is 0.284. The molecular weight excluding hydrogens is 358 g/mol. The number of carbonyl (C=O) groups is 1. The van der Waals surface area contributed by atoms with Crippen LogP contribution in [0.4, 0.5) is 5.82 Å². The number of nitrogens with zero attached hydrogens (tertiary/aromatic N) is 2.